The van der Waals surface area contributed by atoms with E-state index in [1.807, 2.05) is 6.07 Å². The SMILES string of the molecule is N#Cc1ccccc1S(=O)(=O)C1CCCNC1. The number of benzene rings is 1. The maximum absolute atomic E-state index is 12.4. The number of hydrogen-bond donors (Lipinski definition) is 1. The molecule has 1 aromatic carbocycles. The van der Waals surface area contributed by atoms with Gasteiger partial charge in [-0.05, 0) is 31.5 Å². The third-order valence-electron chi connectivity index (χ3n) is 3.00. The third kappa shape index (κ3) is 2.33. The lowest BCUT2D eigenvalue weighted by atomic mass is 10.2. The van der Waals surface area contributed by atoms with Gasteiger partial charge in [0.05, 0.1) is 15.7 Å². The van der Waals surface area contributed by atoms with Crippen molar-refractivity contribution in [3.63, 3.8) is 0 Å². The van der Waals surface area contributed by atoms with E-state index in [4.69, 9.17) is 5.26 Å². The maximum Gasteiger partial charge on any atom is 0.183 e. The van der Waals surface area contributed by atoms with Crippen molar-refractivity contribution in [3.05, 3.63) is 29.8 Å². The lowest BCUT2D eigenvalue weighted by Crippen LogP contribution is -2.39. The molecule has 0 aliphatic carbocycles. The van der Waals surface area contributed by atoms with Crippen LogP contribution in [0.5, 0.6) is 0 Å². The van der Waals surface area contributed by atoms with Crippen LogP contribution in [-0.4, -0.2) is 26.8 Å². The Hall–Kier alpha value is -1.38. The summed E-state index contributed by atoms with van der Waals surface area (Å²) in [5, 5.41) is 11.6. The normalized spacial score (nSPS) is 20.8. The zero-order valence-electron chi connectivity index (χ0n) is 9.39. The Morgan fingerprint density at radius 3 is 2.76 bits per heavy atom. The monoisotopic (exact) mass is 250 g/mol. The van der Waals surface area contributed by atoms with Crippen molar-refractivity contribution in [2.24, 2.45) is 0 Å². The molecule has 0 spiro atoms. The summed E-state index contributed by atoms with van der Waals surface area (Å²) in [6.45, 7) is 1.34. The van der Waals surface area contributed by atoms with Crippen LogP contribution in [0, 0.1) is 11.3 Å². The maximum atomic E-state index is 12.4. The Kier molecular flexibility index (Phi) is 3.46. The van der Waals surface area contributed by atoms with Crippen LogP contribution in [0.15, 0.2) is 29.2 Å². The predicted octanol–water partition coefficient (Wildman–Crippen LogP) is 1.08. The van der Waals surface area contributed by atoms with Crippen LogP contribution in [0.1, 0.15) is 18.4 Å². The van der Waals surface area contributed by atoms with Gasteiger partial charge in [-0.3, -0.25) is 0 Å². The minimum absolute atomic E-state index is 0.163. The van der Waals surface area contributed by atoms with Gasteiger partial charge in [-0.15, -0.1) is 0 Å². The fourth-order valence-corrected chi connectivity index (χ4v) is 3.93. The highest BCUT2D eigenvalue weighted by molar-refractivity contribution is 7.92. The first kappa shape index (κ1) is 12.1. The van der Waals surface area contributed by atoms with Gasteiger partial charge in [-0.1, -0.05) is 12.1 Å². The number of nitriles is 1. The molecule has 0 radical (unpaired) electrons. The van der Waals surface area contributed by atoms with E-state index in [0.29, 0.717) is 13.0 Å². The number of rotatable bonds is 2. The molecule has 0 amide bonds. The summed E-state index contributed by atoms with van der Waals surface area (Å²) in [6, 6.07) is 8.34. The Bertz CT molecular complexity index is 540. The number of sulfone groups is 1. The summed E-state index contributed by atoms with van der Waals surface area (Å²) in [7, 11) is -3.39. The molecule has 4 nitrogen and oxygen atoms in total. The Morgan fingerprint density at radius 1 is 1.35 bits per heavy atom. The molecular weight excluding hydrogens is 236 g/mol. The minimum atomic E-state index is -3.39. The zero-order chi connectivity index (χ0) is 12.3. The largest absolute Gasteiger partial charge is 0.315 e. The van der Waals surface area contributed by atoms with Crippen molar-refractivity contribution in [1.82, 2.24) is 5.32 Å². The summed E-state index contributed by atoms with van der Waals surface area (Å²) in [5.74, 6) is 0. The van der Waals surface area contributed by atoms with E-state index >= 15 is 0 Å². The molecule has 1 fully saturated rings. The average molecular weight is 250 g/mol. The molecule has 1 aliphatic rings. The number of nitrogens with one attached hydrogen (secondary N) is 1. The molecule has 1 aliphatic heterocycles. The second-order valence-electron chi connectivity index (χ2n) is 4.12. The minimum Gasteiger partial charge on any atom is -0.315 e. The van der Waals surface area contributed by atoms with Gasteiger partial charge >= 0.3 is 0 Å². The molecule has 1 aromatic rings. The average Bonchev–Trinajstić information content (AvgIpc) is 2.39. The molecule has 17 heavy (non-hydrogen) atoms. The molecule has 0 bridgehead atoms. The first-order valence-electron chi connectivity index (χ1n) is 5.60. The van der Waals surface area contributed by atoms with Crippen LogP contribution in [0.3, 0.4) is 0 Å². The van der Waals surface area contributed by atoms with Gasteiger partial charge in [-0.2, -0.15) is 5.26 Å². The number of piperidine rings is 1. The van der Waals surface area contributed by atoms with E-state index in [1.165, 1.54) is 6.07 Å². The van der Waals surface area contributed by atoms with Crippen LogP contribution in [0.25, 0.3) is 0 Å². The van der Waals surface area contributed by atoms with Crippen LogP contribution in [0.4, 0.5) is 0 Å². The van der Waals surface area contributed by atoms with Crippen LogP contribution >= 0.6 is 0 Å². The molecule has 1 saturated heterocycles. The van der Waals surface area contributed by atoms with E-state index < -0.39 is 15.1 Å². The molecule has 1 unspecified atom stereocenters. The first-order valence-corrected chi connectivity index (χ1v) is 7.14. The highest BCUT2D eigenvalue weighted by Crippen LogP contribution is 2.23. The summed E-state index contributed by atoms with van der Waals surface area (Å²) in [6.07, 6.45) is 1.52. The van der Waals surface area contributed by atoms with Crippen molar-refractivity contribution in [1.29, 1.82) is 5.26 Å². The van der Waals surface area contributed by atoms with Gasteiger partial charge in [0, 0.05) is 6.54 Å². The fourth-order valence-electron chi connectivity index (χ4n) is 2.07. The lowest BCUT2D eigenvalue weighted by molar-refractivity contribution is 0.496. The van der Waals surface area contributed by atoms with Crippen molar-refractivity contribution >= 4 is 9.84 Å². The van der Waals surface area contributed by atoms with Crippen LogP contribution in [-0.2, 0) is 9.84 Å². The highest BCUT2D eigenvalue weighted by Gasteiger charge is 2.30. The topological polar surface area (TPSA) is 70.0 Å². The zero-order valence-corrected chi connectivity index (χ0v) is 10.2. The third-order valence-corrected chi connectivity index (χ3v) is 5.25. The van der Waals surface area contributed by atoms with Gasteiger partial charge in [0.1, 0.15) is 6.07 Å². The lowest BCUT2D eigenvalue weighted by Gasteiger charge is -2.23. The quantitative estimate of drug-likeness (QED) is 0.852. The van der Waals surface area contributed by atoms with Crippen LogP contribution in [0.2, 0.25) is 0 Å². The van der Waals surface area contributed by atoms with Crippen LogP contribution < -0.4 is 5.32 Å². The first-order chi connectivity index (χ1) is 8.16. The second kappa shape index (κ2) is 4.86. The van der Waals surface area contributed by atoms with Crippen molar-refractivity contribution in [2.45, 2.75) is 23.0 Å². The number of hydrogen-bond acceptors (Lipinski definition) is 4. The molecule has 90 valence electrons. The molecule has 1 N–H and O–H groups in total. The van der Waals surface area contributed by atoms with Gasteiger partial charge in [0.15, 0.2) is 9.84 Å². The van der Waals surface area contributed by atoms with Gasteiger partial charge in [-0.25, -0.2) is 8.42 Å². The Labute approximate surface area is 101 Å². The summed E-state index contributed by atoms with van der Waals surface area (Å²) >= 11 is 0. The van der Waals surface area contributed by atoms with Gasteiger partial charge in [0.25, 0.3) is 0 Å². The fraction of sp³-hybridized carbons (Fsp3) is 0.417. The molecule has 0 aromatic heterocycles. The highest BCUT2D eigenvalue weighted by atomic mass is 32.2. The molecular formula is C12H14N2O2S. The smallest absolute Gasteiger partial charge is 0.183 e. The Balaban J connectivity index is 2.41. The molecule has 1 heterocycles. The standard InChI is InChI=1S/C12H14N2O2S/c13-8-10-4-1-2-6-12(10)17(15,16)11-5-3-7-14-9-11/h1-2,4,6,11,14H,3,5,7,9H2. The van der Waals surface area contributed by atoms with Gasteiger partial charge in [0.2, 0.25) is 0 Å². The van der Waals surface area contributed by atoms with E-state index in [2.05, 4.69) is 5.32 Å². The summed E-state index contributed by atoms with van der Waals surface area (Å²) in [4.78, 5) is 0.163. The van der Waals surface area contributed by atoms with E-state index in [1.54, 1.807) is 18.2 Å². The summed E-state index contributed by atoms with van der Waals surface area (Å²) < 4.78 is 24.8. The molecule has 1 atom stereocenters. The molecule has 5 heteroatoms. The molecule has 0 saturated carbocycles. The second-order valence-corrected chi connectivity index (χ2v) is 6.32. The van der Waals surface area contributed by atoms with E-state index in [0.717, 1.165) is 13.0 Å². The van der Waals surface area contributed by atoms with E-state index in [-0.39, 0.29) is 10.5 Å². The van der Waals surface area contributed by atoms with Gasteiger partial charge < -0.3 is 5.32 Å². The van der Waals surface area contributed by atoms with Crippen molar-refractivity contribution in [3.8, 4) is 6.07 Å². The summed E-state index contributed by atoms with van der Waals surface area (Å²) in [5.41, 5.74) is 0.234. The Morgan fingerprint density at radius 2 is 2.12 bits per heavy atom. The van der Waals surface area contributed by atoms with Crippen molar-refractivity contribution < 1.29 is 8.42 Å². The predicted molar refractivity (Wildman–Crippen MR) is 64.2 cm³/mol. The van der Waals surface area contributed by atoms with E-state index in [9.17, 15) is 8.42 Å². The molecule has 2 rings (SSSR count). The van der Waals surface area contributed by atoms with Crippen molar-refractivity contribution in [2.75, 3.05) is 13.1 Å². The number of nitrogens with zero attached hydrogens (tertiary/aromatic N) is 1.